The predicted molar refractivity (Wildman–Crippen MR) is 84.6 cm³/mol. The number of hydrogen-bond donors (Lipinski definition) is 2. The first-order valence-electron chi connectivity index (χ1n) is 7.72. The number of fused-ring (bicyclic) bond motifs is 1. The van der Waals surface area contributed by atoms with Crippen molar-refractivity contribution in [1.82, 2.24) is 19.8 Å². The van der Waals surface area contributed by atoms with Gasteiger partial charge in [0.05, 0.1) is 0 Å². The Morgan fingerprint density at radius 3 is 2.90 bits per heavy atom. The van der Waals surface area contributed by atoms with Gasteiger partial charge in [0, 0.05) is 31.9 Å². The zero-order valence-electron chi connectivity index (χ0n) is 13.5. The van der Waals surface area contributed by atoms with Crippen LogP contribution in [-0.2, 0) is 6.54 Å². The maximum absolute atomic E-state index is 12.4. The zero-order valence-corrected chi connectivity index (χ0v) is 13.5. The second kappa shape index (κ2) is 6.93. The van der Waals surface area contributed by atoms with E-state index < -0.39 is 0 Å². The van der Waals surface area contributed by atoms with E-state index in [1.807, 2.05) is 24.9 Å². The van der Waals surface area contributed by atoms with Crippen LogP contribution in [0.25, 0.3) is 0 Å². The summed E-state index contributed by atoms with van der Waals surface area (Å²) in [7, 11) is 4.05. The molecule has 1 atom stereocenters. The SMILES string of the molecule is CC(C)CC(CN(C)C)NC(=O)c1cn2c(n1)NCCC2. The van der Waals surface area contributed by atoms with Gasteiger partial charge in [-0.25, -0.2) is 4.98 Å². The summed E-state index contributed by atoms with van der Waals surface area (Å²) >= 11 is 0. The van der Waals surface area contributed by atoms with Crippen LogP contribution in [0.3, 0.4) is 0 Å². The van der Waals surface area contributed by atoms with Crippen molar-refractivity contribution in [1.29, 1.82) is 0 Å². The minimum absolute atomic E-state index is 0.0776. The molecule has 2 N–H and O–H groups in total. The van der Waals surface area contributed by atoms with E-state index in [1.54, 1.807) is 0 Å². The molecule has 1 amide bonds. The van der Waals surface area contributed by atoms with Crippen molar-refractivity contribution in [3.8, 4) is 0 Å². The first-order chi connectivity index (χ1) is 9.95. The maximum Gasteiger partial charge on any atom is 0.271 e. The summed E-state index contributed by atoms with van der Waals surface area (Å²) in [6.45, 7) is 7.04. The summed E-state index contributed by atoms with van der Waals surface area (Å²) in [5.74, 6) is 1.28. The molecule has 1 unspecified atom stereocenters. The lowest BCUT2D eigenvalue weighted by atomic mass is 10.0. The number of nitrogens with one attached hydrogen (secondary N) is 2. The molecule has 1 aliphatic rings. The molecule has 1 aromatic rings. The van der Waals surface area contributed by atoms with Crippen molar-refractivity contribution >= 4 is 11.9 Å². The van der Waals surface area contributed by atoms with Crippen LogP contribution < -0.4 is 10.6 Å². The third kappa shape index (κ3) is 4.46. The van der Waals surface area contributed by atoms with E-state index in [4.69, 9.17) is 0 Å². The Morgan fingerprint density at radius 2 is 2.29 bits per heavy atom. The molecule has 0 saturated heterocycles. The molecule has 0 aromatic carbocycles. The van der Waals surface area contributed by atoms with E-state index in [-0.39, 0.29) is 11.9 Å². The number of aromatic nitrogens is 2. The number of likely N-dealkylation sites (N-methyl/N-ethyl adjacent to an activating group) is 1. The molecular weight excluding hydrogens is 266 g/mol. The van der Waals surface area contributed by atoms with Crippen LogP contribution >= 0.6 is 0 Å². The molecule has 118 valence electrons. The average Bonchev–Trinajstić information content (AvgIpc) is 2.80. The third-order valence-electron chi connectivity index (χ3n) is 3.54. The third-order valence-corrected chi connectivity index (χ3v) is 3.54. The highest BCUT2D eigenvalue weighted by Crippen LogP contribution is 2.14. The normalized spacial score (nSPS) is 15.7. The first-order valence-corrected chi connectivity index (χ1v) is 7.72. The fraction of sp³-hybridized carbons (Fsp3) is 0.733. The lowest BCUT2D eigenvalue weighted by molar-refractivity contribution is 0.0920. The van der Waals surface area contributed by atoms with Gasteiger partial charge in [0.2, 0.25) is 5.95 Å². The van der Waals surface area contributed by atoms with E-state index in [1.165, 1.54) is 0 Å². The van der Waals surface area contributed by atoms with Crippen molar-refractivity contribution in [2.75, 3.05) is 32.5 Å². The number of hydrogen-bond acceptors (Lipinski definition) is 4. The monoisotopic (exact) mass is 293 g/mol. The fourth-order valence-electron chi connectivity index (χ4n) is 2.73. The standard InChI is InChI=1S/C15H27N5O/c1-11(2)8-12(9-19(3)4)17-14(21)13-10-20-7-5-6-16-15(20)18-13/h10-12H,5-9H2,1-4H3,(H,16,18)(H,17,21). The Morgan fingerprint density at radius 1 is 1.52 bits per heavy atom. The van der Waals surface area contributed by atoms with Crippen molar-refractivity contribution in [3.05, 3.63) is 11.9 Å². The quantitative estimate of drug-likeness (QED) is 0.832. The number of aryl methyl sites for hydroxylation is 1. The Balaban J connectivity index is 2.02. The van der Waals surface area contributed by atoms with Gasteiger partial charge in [-0.1, -0.05) is 13.8 Å². The summed E-state index contributed by atoms with van der Waals surface area (Å²) in [5.41, 5.74) is 0.506. The van der Waals surface area contributed by atoms with E-state index in [9.17, 15) is 4.79 Å². The molecule has 0 fully saturated rings. The van der Waals surface area contributed by atoms with Gasteiger partial charge >= 0.3 is 0 Å². The zero-order chi connectivity index (χ0) is 15.4. The average molecular weight is 293 g/mol. The van der Waals surface area contributed by atoms with Crippen LogP contribution in [0.1, 0.15) is 37.2 Å². The number of carbonyl (C=O) groups is 1. The van der Waals surface area contributed by atoms with Crippen LogP contribution in [0.4, 0.5) is 5.95 Å². The summed E-state index contributed by atoms with van der Waals surface area (Å²) in [5, 5.41) is 6.34. The number of carbonyl (C=O) groups excluding carboxylic acids is 1. The second-order valence-corrected chi connectivity index (χ2v) is 6.49. The van der Waals surface area contributed by atoms with Gasteiger partial charge < -0.3 is 20.1 Å². The van der Waals surface area contributed by atoms with Crippen LogP contribution in [0, 0.1) is 5.92 Å². The number of imidazole rings is 1. The van der Waals surface area contributed by atoms with Gasteiger partial charge in [0.1, 0.15) is 5.69 Å². The molecule has 2 heterocycles. The van der Waals surface area contributed by atoms with E-state index in [0.717, 1.165) is 38.4 Å². The Bertz CT molecular complexity index is 447. The molecule has 6 nitrogen and oxygen atoms in total. The largest absolute Gasteiger partial charge is 0.356 e. The Hall–Kier alpha value is -1.56. The van der Waals surface area contributed by atoms with Crippen LogP contribution in [0.5, 0.6) is 0 Å². The van der Waals surface area contributed by atoms with Crippen molar-refractivity contribution in [3.63, 3.8) is 0 Å². The summed E-state index contributed by atoms with van der Waals surface area (Å²) < 4.78 is 2.02. The summed E-state index contributed by atoms with van der Waals surface area (Å²) in [6.07, 6.45) is 3.88. The molecule has 0 spiro atoms. The molecule has 6 heteroatoms. The number of anilines is 1. The smallest absolute Gasteiger partial charge is 0.271 e. The van der Waals surface area contributed by atoms with Gasteiger partial charge in [0.25, 0.3) is 5.91 Å². The molecule has 0 aliphatic carbocycles. The van der Waals surface area contributed by atoms with Crippen LogP contribution in [-0.4, -0.2) is 53.6 Å². The first kappa shape index (κ1) is 15.8. The van der Waals surface area contributed by atoms with Crippen LogP contribution in [0.2, 0.25) is 0 Å². The highest BCUT2D eigenvalue weighted by molar-refractivity contribution is 5.92. The minimum atomic E-state index is -0.0776. The van der Waals surface area contributed by atoms with Gasteiger partial charge in [-0.05, 0) is 32.9 Å². The fourth-order valence-corrected chi connectivity index (χ4v) is 2.73. The summed E-state index contributed by atoms with van der Waals surface area (Å²) in [6, 6.07) is 0.152. The van der Waals surface area contributed by atoms with E-state index in [0.29, 0.717) is 11.6 Å². The molecule has 21 heavy (non-hydrogen) atoms. The molecule has 0 radical (unpaired) electrons. The molecule has 1 aliphatic heterocycles. The van der Waals surface area contributed by atoms with Crippen molar-refractivity contribution < 1.29 is 4.79 Å². The lowest BCUT2D eigenvalue weighted by Crippen LogP contribution is -2.42. The van der Waals surface area contributed by atoms with Crippen molar-refractivity contribution in [2.24, 2.45) is 5.92 Å². The second-order valence-electron chi connectivity index (χ2n) is 6.49. The van der Waals surface area contributed by atoms with E-state index >= 15 is 0 Å². The van der Waals surface area contributed by atoms with Crippen LogP contribution in [0.15, 0.2) is 6.20 Å². The Labute approximate surface area is 126 Å². The number of rotatable bonds is 6. The molecule has 1 aromatic heterocycles. The molecule has 0 saturated carbocycles. The predicted octanol–water partition coefficient (Wildman–Crippen LogP) is 1.40. The molecular formula is C15H27N5O. The maximum atomic E-state index is 12.4. The number of nitrogens with zero attached hydrogens (tertiary/aromatic N) is 3. The highest BCUT2D eigenvalue weighted by Gasteiger charge is 2.20. The summed E-state index contributed by atoms with van der Waals surface area (Å²) in [4.78, 5) is 18.9. The Kier molecular flexibility index (Phi) is 5.22. The molecule has 2 rings (SSSR count). The van der Waals surface area contributed by atoms with Crippen molar-refractivity contribution in [2.45, 2.75) is 39.3 Å². The van der Waals surface area contributed by atoms with Gasteiger partial charge in [-0.3, -0.25) is 4.79 Å². The lowest BCUT2D eigenvalue weighted by Gasteiger charge is -2.23. The van der Waals surface area contributed by atoms with Gasteiger partial charge in [0.15, 0.2) is 0 Å². The van der Waals surface area contributed by atoms with E-state index in [2.05, 4.69) is 34.4 Å². The molecule has 0 bridgehead atoms. The number of amides is 1. The van der Waals surface area contributed by atoms with Gasteiger partial charge in [-0.15, -0.1) is 0 Å². The highest BCUT2D eigenvalue weighted by atomic mass is 16.2. The van der Waals surface area contributed by atoms with Gasteiger partial charge in [-0.2, -0.15) is 0 Å². The minimum Gasteiger partial charge on any atom is -0.356 e. The topological polar surface area (TPSA) is 62.2 Å².